The van der Waals surface area contributed by atoms with Crippen molar-refractivity contribution in [3.8, 4) is 11.1 Å². The number of carbonyl (C=O) groups excluding carboxylic acids is 1. The van der Waals surface area contributed by atoms with Crippen molar-refractivity contribution in [2.75, 3.05) is 0 Å². The van der Waals surface area contributed by atoms with Gasteiger partial charge < -0.3 is 15.2 Å². The summed E-state index contributed by atoms with van der Waals surface area (Å²) in [6.07, 6.45) is 1.48. The van der Waals surface area contributed by atoms with Gasteiger partial charge in [-0.15, -0.1) is 0 Å². The first-order valence-corrected chi connectivity index (χ1v) is 12.8. The second-order valence-electron chi connectivity index (χ2n) is 9.32. The summed E-state index contributed by atoms with van der Waals surface area (Å²) in [7, 11) is 0. The number of rotatable bonds is 8. The van der Waals surface area contributed by atoms with E-state index in [4.69, 9.17) is 9.72 Å². The standard InChI is InChI=1S/C32H29N3O4/c1-3-25-20-35-28(18-13-21(2)30(35)34-25)29(39-32(38)33-19-22-9-5-4-6-10-22)24-16-14-23(15-17-24)26-11-7-8-12-27(26)31(36)37/h4-18,20,29H,3,19H2,1-2H3,(H,33,38)(H,36,37). The van der Waals surface area contributed by atoms with E-state index in [1.165, 1.54) is 0 Å². The van der Waals surface area contributed by atoms with Crippen molar-refractivity contribution in [1.82, 2.24) is 14.7 Å². The molecule has 0 radical (unpaired) electrons. The number of aryl methyl sites for hydroxylation is 2. The number of carboxylic acid groups (broad SMARTS) is 1. The van der Waals surface area contributed by atoms with E-state index in [2.05, 4.69) is 12.2 Å². The number of aromatic nitrogens is 2. The maximum Gasteiger partial charge on any atom is 0.408 e. The number of nitrogens with one attached hydrogen (secondary N) is 1. The van der Waals surface area contributed by atoms with Crippen molar-refractivity contribution in [2.45, 2.75) is 32.9 Å². The fraction of sp³-hybridized carbons (Fsp3) is 0.156. The van der Waals surface area contributed by atoms with Gasteiger partial charge in [-0.3, -0.25) is 4.40 Å². The fourth-order valence-electron chi connectivity index (χ4n) is 4.63. The number of ether oxygens (including phenoxy) is 1. The van der Waals surface area contributed by atoms with Crippen LogP contribution in [0.4, 0.5) is 4.79 Å². The van der Waals surface area contributed by atoms with Crippen LogP contribution in [0.15, 0.2) is 97.2 Å². The van der Waals surface area contributed by atoms with Gasteiger partial charge in [-0.25, -0.2) is 14.6 Å². The number of carboxylic acids is 1. The van der Waals surface area contributed by atoms with E-state index in [9.17, 15) is 14.7 Å². The molecule has 5 rings (SSSR count). The fourth-order valence-corrected chi connectivity index (χ4v) is 4.63. The quantitative estimate of drug-likeness (QED) is 0.241. The maximum atomic E-state index is 13.0. The van der Waals surface area contributed by atoms with Crippen molar-refractivity contribution in [3.05, 3.63) is 131 Å². The molecule has 39 heavy (non-hydrogen) atoms. The molecule has 196 valence electrons. The minimum Gasteiger partial charge on any atom is -0.478 e. The lowest BCUT2D eigenvalue weighted by Crippen LogP contribution is -2.26. The number of aromatic carboxylic acids is 1. The van der Waals surface area contributed by atoms with Gasteiger partial charge in [0.2, 0.25) is 0 Å². The second-order valence-corrected chi connectivity index (χ2v) is 9.32. The molecule has 0 saturated carbocycles. The smallest absolute Gasteiger partial charge is 0.408 e. The third-order valence-corrected chi connectivity index (χ3v) is 6.71. The van der Waals surface area contributed by atoms with Gasteiger partial charge in [0.25, 0.3) is 0 Å². The lowest BCUT2D eigenvalue weighted by molar-refractivity contribution is 0.0697. The SMILES string of the molecule is CCc1cn2c(C(OC(=O)NCc3ccccc3)c3ccc(-c4ccccc4C(=O)O)cc3)ccc(C)c2n1. The number of carbonyl (C=O) groups is 2. The van der Waals surface area contributed by atoms with E-state index in [0.717, 1.165) is 45.7 Å². The van der Waals surface area contributed by atoms with E-state index in [-0.39, 0.29) is 5.56 Å². The molecule has 0 bridgehead atoms. The molecule has 7 nitrogen and oxygen atoms in total. The molecule has 7 heteroatoms. The molecular weight excluding hydrogens is 490 g/mol. The van der Waals surface area contributed by atoms with Crippen LogP contribution in [-0.2, 0) is 17.7 Å². The number of hydrogen-bond donors (Lipinski definition) is 2. The number of benzene rings is 3. The van der Waals surface area contributed by atoms with Crippen LogP contribution in [0.2, 0.25) is 0 Å². The number of hydrogen-bond acceptors (Lipinski definition) is 4. The van der Waals surface area contributed by atoms with E-state index < -0.39 is 18.2 Å². The topological polar surface area (TPSA) is 92.9 Å². The highest BCUT2D eigenvalue weighted by Crippen LogP contribution is 2.31. The summed E-state index contributed by atoms with van der Waals surface area (Å²) >= 11 is 0. The summed E-state index contributed by atoms with van der Waals surface area (Å²) in [5.74, 6) is -0.986. The number of amides is 1. The Hall–Kier alpha value is -4.91. The molecule has 0 aliphatic rings. The summed E-state index contributed by atoms with van der Waals surface area (Å²) in [4.78, 5) is 29.5. The summed E-state index contributed by atoms with van der Waals surface area (Å²) < 4.78 is 8.03. The molecule has 2 heterocycles. The van der Waals surface area contributed by atoms with Crippen molar-refractivity contribution >= 4 is 17.7 Å². The Bertz CT molecular complexity index is 1630. The third-order valence-electron chi connectivity index (χ3n) is 6.71. The third kappa shape index (κ3) is 5.52. The average molecular weight is 520 g/mol. The van der Waals surface area contributed by atoms with Gasteiger partial charge in [0.05, 0.1) is 17.0 Å². The summed E-state index contributed by atoms with van der Waals surface area (Å²) in [5.41, 5.74) is 6.86. The molecule has 0 saturated heterocycles. The largest absolute Gasteiger partial charge is 0.478 e. The highest BCUT2D eigenvalue weighted by Gasteiger charge is 2.23. The van der Waals surface area contributed by atoms with Gasteiger partial charge in [0.15, 0.2) is 6.10 Å². The normalized spacial score (nSPS) is 11.7. The molecule has 0 fully saturated rings. The molecule has 3 aromatic carbocycles. The highest BCUT2D eigenvalue weighted by molar-refractivity contribution is 5.96. The Morgan fingerprint density at radius 3 is 2.38 bits per heavy atom. The molecule has 5 aromatic rings. The number of alkyl carbamates (subject to hydrolysis) is 1. The van der Waals surface area contributed by atoms with Gasteiger partial charge in [-0.05, 0) is 53.3 Å². The molecular formula is C32H29N3O4. The van der Waals surface area contributed by atoms with Crippen LogP contribution in [0.5, 0.6) is 0 Å². The molecule has 0 aliphatic carbocycles. The maximum absolute atomic E-state index is 13.0. The van der Waals surface area contributed by atoms with Gasteiger partial charge in [-0.2, -0.15) is 0 Å². The molecule has 0 spiro atoms. The Morgan fingerprint density at radius 1 is 0.949 bits per heavy atom. The van der Waals surface area contributed by atoms with Crippen LogP contribution >= 0.6 is 0 Å². The predicted octanol–water partition coefficient (Wildman–Crippen LogP) is 6.59. The number of pyridine rings is 1. The number of nitrogens with zero attached hydrogens (tertiary/aromatic N) is 2. The van der Waals surface area contributed by atoms with Gasteiger partial charge in [0.1, 0.15) is 5.65 Å². The van der Waals surface area contributed by atoms with Crippen molar-refractivity contribution in [1.29, 1.82) is 0 Å². The Balaban J connectivity index is 1.52. The zero-order valence-electron chi connectivity index (χ0n) is 21.8. The van der Waals surface area contributed by atoms with Crippen LogP contribution in [0.1, 0.15) is 51.5 Å². The van der Waals surface area contributed by atoms with Crippen molar-refractivity contribution < 1.29 is 19.4 Å². The van der Waals surface area contributed by atoms with Crippen LogP contribution in [0.3, 0.4) is 0 Å². The molecule has 1 unspecified atom stereocenters. The van der Waals surface area contributed by atoms with Crippen LogP contribution in [0.25, 0.3) is 16.8 Å². The predicted molar refractivity (Wildman–Crippen MR) is 150 cm³/mol. The summed E-state index contributed by atoms with van der Waals surface area (Å²) in [6.45, 7) is 4.39. The minimum absolute atomic E-state index is 0.226. The molecule has 2 N–H and O–H groups in total. The van der Waals surface area contributed by atoms with Gasteiger partial charge >= 0.3 is 12.1 Å². The molecule has 2 aromatic heterocycles. The van der Waals surface area contributed by atoms with Crippen LogP contribution in [0, 0.1) is 6.92 Å². The lowest BCUT2D eigenvalue weighted by atomic mass is 9.97. The van der Waals surface area contributed by atoms with E-state index in [1.54, 1.807) is 18.2 Å². The number of fused-ring (bicyclic) bond motifs is 1. The second kappa shape index (κ2) is 11.2. The van der Waals surface area contributed by atoms with E-state index >= 15 is 0 Å². The first kappa shape index (κ1) is 25.7. The molecule has 1 atom stereocenters. The summed E-state index contributed by atoms with van der Waals surface area (Å²) in [5, 5.41) is 12.5. The van der Waals surface area contributed by atoms with Gasteiger partial charge in [-0.1, -0.05) is 85.8 Å². The van der Waals surface area contributed by atoms with E-state index in [0.29, 0.717) is 12.1 Å². The van der Waals surface area contributed by atoms with Crippen molar-refractivity contribution in [2.24, 2.45) is 0 Å². The van der Waals surface area contributed by atoms with Crippen LogP contribution < -0.4 is 5.32 Å². The van der Waals surface area contributed by atoms with Crippen molar-refractivity contribution in [3.63, 3.8) is 0 Å². The lowest BCUT2D eigenvalue weighted by Gasteiger charge is -2.21. The zero-order valence-corrected chi connectivity index (χ0v) is 21.8. The van der Waals surface area contributed by atoms with Gasteiger partial charge in [0, 0.05) is 12.7 Å². The first-order chi connectivity index (χ1) is 18.9. The summed E-state index contributed by atoms with van der Waals surface area (Å²) in [6, 6.07) is 27.9. The first-order valence-electron chi connectivity index (χ1n) is 12.8. The van der Waals surface area contributed by atoms with E-state index in [1.807, 2.05) is 90.3 Å². The Kier molecular flexibility index (Phi) is 7.41. The average Bonchev–Trinajstić information content (AvgIpc) is 3.42. The Morgan fingerprint density at radius 2 is 1.67 bits per heavy atom. The molecule has 0 aliphatic heterocycles. The van der Waals surface area contributed by atoms with Crippen LogP contribution in [-0.4, -0.2) is 26.6 Å². The zero-order chi connectivity index (χ0) is 27.4. The minimum atomic E-state index is -0.986. The number of imidazole rings is 1. The monoisotopic (exact) mass is 519 g/mol. The highest BCUT2D eigenvalue weighted by atomic mass is 16.6. The molecule has 1 amide bonds. The Labute approximate surface area is 226 Å².